The van der Waals surface area contributed by atoms with Crippen LogP contribution >= 0.6 is 44.1 Å². The lowest BCUT2D eigenvalue weighted by Gasteiger charge is -2.28. The van der Waals surface area contributed by atoms with Gasteiger partial charge in [-0.15, -0.1) is 0 Å². The van der Waals surface area contributed by atoms with Gasteiger partial charge in [0, 0.05) is 32.2 Å². The largest absolute Gasteiger partial charge is 0.351 e. The molecule has 0 spiro atoms. The summed E-state index contributed by atoms with van der Waals surface area (Å²) >= 11 is 13.3. The molecule has 34 heavy (non-hydrogen) atoms. The van der Waals surface area contributed by atoms with Crippen LogP contribution in [0, 0.1) is 20.8 Å². The second-order valence-corrected chi connectivity index (χ2v) is 10.6. The molecule has 5 rings (SSSR count). The van der Waals surface area contributed by atoms with Crippen LogP contribution in [0.4, 0.5) is 5.69 Å². The summed E-state index contributed by atoms with van der Waals surface area (Å²) in [6.45, 7) is 6.44. The topological polar surface area (TPSA) is 33.1 Å². The third-order valence-corrected chi connectivity index (χ3v) is 8.27. The highest BCUT2D eigenvalue weighted by atomic mass is 79.9. The summed E-state index contributed by atoms with van der Waals surface area (Å²) in [6, 6.07) is 22.9. The number of para-hydroxylation sites is 1. The number of nitrogens with one attached hydrogen (secondary N) is 1. The molecule has 1 saturated heterocycles. The number of hydrogen-bond donors (Lipinski definition) is 1. The van der Waals surface area contributed by atoms with Crippen molar-refractivity contribution in [2.24, 2.45) is 0 Å². The minimum atomic E-state index is -0.0779. The zero-order valence-electron chi connectivity index (χ0n) is 19.1. The lowest BCUT2D eigenvalue weighted by atomic mass is 9.96. The van der Waals surface area contributed by atoms with Gasteiger partial charge in [0.25, 0.3) is 0 Å². The molecule has 0 aliphatic carbocycles. The maximum absolute atomic E-state index is 5.91. The molecule has 0 radical (unpaired) electrons. The second-order valence-electron chi connectivity index (χ2n) is 8.54. The number of thiocarbonyl (C=S) groups is 1. The number of benzene rings is 2. The maximum atomic E-state index is 5.91. The fourth-order valence-corrected chi connectivity index (χ4v) is 5.87. The van der Waals surface area contributed by atoms with Crippen LogP contribution in [0.25, 0.3) is 5.69 Å². The van der Waals surface area contributed by atoms with E-state index in [1.54, 1.807) is 0 Å². The normalized spacial score (nSPS) is 17.8. The van der Waals surface area contributed by atoms with Gasteiger partial charge in [0.1, 0.15) is 0 Å². The van der Waals surface area contributed by atoms with Crippen molar-refractivity contribution in [1.82, 2.24) is 14.9 Å². The van der Waals surface area contributed by atoms with Crippen LogP contribution in [0.1, 0.15) is 40.3 Å². The summed E-state index contributed by atoms with van der Waals surface area (Å²) in [5.74, 6) is 0. The van der Waals surface area contributed by atoms with Crippen LogP contribution in [0.2, 0.25) is 0 Å². The summed E-state index contributed by atoms with van der Waals surface area (Å²) < 4.78 is 4.45. The molecule has 4 nitrogen and oxygen atoms in total. The number of nitrogens with zero attached hydrogens (tertiary/aromatic N) is 3. The van der Waals surface area contributed by atoms with E-state index in [1.807, 2.05) is 24.4 Å². The number of pyridine rings is 1. The Morgan fingerprint density at radius 1 is 0.912 bits per heavy atom. The number of aryl methyl sites for hydroxylation is 2. The van der Waals surface area contributed by atoms with Gasteiger partial charge < -0.3 is 14.8 Å². The van der Waals surface area contributed by atoms with Crippen molar-refractivity contribution in [2.45, 2.75) is 32.9 Å². The lowest BCUT2D eigenvalue weighted by molar-refractivity contribution is 0.565. The minimum absolute atomic E-state index is 0.0505. The Labute approximate surface area is 222 Å². The fourth-order valence-electron chi connectivity index (χ4n) is 4.82. The van der Waals surface area contributed by atoms with Crippen molar-refractivity contribution in [1.29, 1.82) is 0 Å². The highest BCUT2D eigenvalue weighted by Gasteiger charge is 2.42. The Morgan fingerprint density at radius 3 is 2.38 bits per heavy atom. The summed E-state index contributed by atoms with van der Waals surface area (Å²) in [4.78, 5) is 6.93. The van der Waals surface area contributed by atoms with Crippen LogP contribution in [0.5, 0.6) is 0 Å². The molecule has 1 fully saturated rings. The van der Waals surface area contributed by atoms with Crippen molar-refractivity contribution in [2.75, 3.05) is 4.90 Å². The highest BCUT2D eigenvalue weighted by molar-refractivity contribution is 9.10. The summed E-state index contributed by atoms with van der Waals surface area (Å²) in [5.41, 5.74) is 7.89. The van der Waals surface area contributed by atoms with Crippen molar-refractivity contribution >= 4 is 54.9 Å². The van der Waals surface area contributed by atoms with E-state index in [9.17, 15) is 0 Å². The Kier molecular flexibility index (Phi) is 6.35. The number of hydrogen-bond acceptors (Lipinski definition) is 2. The number of aromatic nitrogens is 2. The Balaban J connectivity index is 1.70. The molecular formula is C27H24Br2N4S. The lowest BCUT2D eigenvalue weighted by Crippen LogP contribution is -2.29. The second kappa shape index (κ2) is 9.29. The van der Waals surface area contributed by atoms with Gasteiger partial charge in [-0.2, -0.15) is 0 Å². The zero-order chi connectivity index (χ0) is 24.0. The van der Waals surface area contributed by atoms with Gasteiger partial charge in [0.05, 0.1) is 23.5 Å². The molecule has 0 saturated carbocycles. The van der Waals surface area contributed by atoms with Crippen molar-refractivity contribution in [3.63, 3.8) is 0 Å². The molecule has 3 heterocycles. The Bertz CT molecular complexity index is 1380. The average molecular weight is 596 g/mol. The van der Waals surface area contributed by atoms with Gasteiger partial charge in [-0.25, -0.2) is 0 Å². The van der Waals surface area contributed by atoms with Gasteiger partial charge in [-0.05, 0) is 109 Å². The molecule has 2 aromatic heterocycles. The third kappa shape index (κ3) is 4.00. The van der Waals surface area contributed by atoms with Crippen LogP contribution in [-0.4, -0.2) is 14.7 Å². The molecule has 7 heteroatoms. The SMILES string of the molecule is Cc1cc(N2C(=S)NC(c3ccccn3)C2c2cc(C)n(-c3ccccc3Br)c2C)ccc1Br. The molecule has 2 atom stereocenters. The molecular weight excluding hydrogens is 572 g/mol. The van der Waals surface area contributed by atoms with Gasteiger partial charge in [0.2, 0.25) is 0 Å². The summed E-state index contributed by atoms with van der Waals surface area (Å²) in [6.07, 6.45) is 1.84. The maximum Gasteiger partial charge on any atom is 0.174 e. The van der Waals surface area contributed by atoms with E-state index in [-0.39, 0.29) is 12.1 Å². The number of anilines is 1. The smallest absolute Gasteiger partial charge is 0.174 e. The fraction of sp³-hybridized carbons (Fsp3) is 0.185. The average Bonchev–Trinajstić information content (AvgIpc) is 3.32. The molecule has 0 bridgehead atoms. The van der Waals surface area contributed by atoms with E-state index in [0.29, 0.717) is 5.11 Å². The molecule has 1 aliphatic rings. The molecule has 2 aromatic carbocycles. The standard InChI is InChI=1S/C27H24Br2N4S/c1-16-14-19(11-12-21(16)28)33-26(25(31-27(33)34)23-9-6-7-13-30-23)20-15-17(2)32(18(20)3)24-10-5-4-8-22(24)29/h4-15,25-26H,1-3H3,(H,31,34). The Hall–Kier alpha value is -2.48. The first kappa shape index (κ1) is 23.3. The van der Waals surface area contributed by atoms with Crippen LogP contribution in [0.3, 0.4) is 0 Å². The minimum Gasteiger partial charge on any atom is -0.351 e. The molecule has 2 unspecified atom stereocenters. The molecule has 172 valence electrons. The van der Waals surface area contributed by atoms with Crippen LogP contribution in [0.15, 0.2) is 81.9 Å². The van der Waals surface area contributed by atoms with Crippen LogP contribution in [-0.2, 0) is 0 Å². The van der Waals surface area contributed by atoms with Gasteiger partial charge >= 0.3 is 0 Å². The van der Waals surface area contributed by atoms with Crippen molar-refractivity contribution < 1.29 is 0 Å². The van der Waals surface area contributed by atoms with E-state index >= 15 is 0 Å². The third-order valence-electron chi connectivity index (χ3n) is 6.40. The predicted molar refractivity (Wildman–Crippen MR) is 150 cm³/mol. The molecule has 1 N–H and O–H groups in total. The first-order valence-electron chi connectivity index (χ1n) is 11.1. The zero-order valence-corrected chi connectivity index (χ0v) is 23.1. The van der Waals surface area contributed by atoms with Gasteiger partial charge in [0.15, 0.2) is 5.11 Å². The quantitative estimate of drug-likeness (QED) is 0.248. The first-order valence-corrected chi connectivity index (χ1v) is 13.1. The first-order chi connectivity index (χ1) is 16.4. The predicted octanol–water partition coefficient (Wildman–Crippen LogP) is 7.50. The monoisotopic (exact) mass is 594 g/mol. The summed E-state index contributed by atoms with van der Waals surface area (Å²) in [5, 5.41) is 4.28. The van der Waals surface area contributed by atoms with Gasteiger partial charge in [-0.3, -0.25) is 4.98 Å². The molecule has 4 aromatic rings. The van der Waals surface area contributed by atoms with E-state index in [2.05, 4.69) is 116 Å². The molecule has 1 aliphatic heterocycles. The van der Waals surface area contributed by atoms with E-state index in [0.717, 1.165) is 26.0 Å². The Morgan fingerprint density at radius 2 is 1.68 bits per heavy atom. The van der Waals surface area contributed by atoms with Gasteiger partial charge in [-0.1, -0.05) is 34.1 Å². The van der Waals surface area contributed by atoms with E-state index in [4.69, 9.17) is 17.2 Å². The van der Waals surface area contributed by atoms with E-state index in [1.165, 1.54) is 22.5 Å². The number of halogens is 2. The highest BCUT2D eigenvalue weighted by Crippen LogP contribution is 2.44. The van der Waals surface area contributed by atoms with E-state index < -0.39 is 0 Å². The van der Waals surface area contributed by atoms with Crippen molar-refractivity contribution in [3.05, 3.63) is 110 Å². The molecule has 0 amide bonds. The number of rotatable bonds is 4. The van der Waals surface area contributed by atoms with Crippen molar-refractivity contribution in [3.8, 4) is 5.69 Å². The summed E-state index contributed by atoms with van der Waals surface area (Å²) in [7, 11) is 0. The van der Waals surface area contributed by atoms with Crippen LogP contribution < -0.4 is 10.2 Å².